The molecule has 1 saturated carbocycles. The van der Waals surface area contributed by atoms with Crippen molar-refractivity contribution in [3.8, 4) is 0 Å². The average molecular weight is 596 g/mol. The van der Waals surface area contributed by atoms with E-state index in [1.165, 1.54) is 23.5 Å². The quantitative estimate of drug-likeness (QED) is 0.306. The number of halogens is 1. The van der Waals surface area contributed by atoms with Crippen LogP contribution < -0.4 is 9.62 Å². The average Bonchev–Trinajstić information content (AvgIpc) is 2.97. The molecule has 218 valence electrons. The maximum absolute atomic E-state index is 14.0. The van der Waals surface area contributed by atoms with Gasteiger partial charge in [-0.05, 0) is 75.1 Å². The van der Waals surface area contributed by atoms with E-state index in [-0.39, 0.29) is 23.4 Å². The lowest BCUT2D eigenvalue weighted by Crippen LogP contribution is -2.53. The Morgan fingerprint density at radius 2 is 1.56 bits per heavy atom. The van der Waals surface area contributed by atoms with Crippen molar-refractivity contribution in [3.63, 3.8) is 0 Å². The lowest BCUT2D eigenvalue weighted by Gasteiger charge is -2.33. The van der Waals surface area contributed by atoms with Crippen LogP contribution in [0.3, 0.4) is 0 Å². The van der Waals surface area contributed by atoms with Gasteiger partial charge in [0.25, 0.3) is 10.0 Å². The molecule has 4 rings (SSSR count). The number of nitrogens with zero attached hydrogens (tertiary/aromatic N) is 2. The van der Waals surface area contributed by atoms with Crippen molar-refractivity contribution < 1.29 is 18.0 Å². The Kier molecular flexibility index (Phi) is 10.5. The highest BCUT2D eigenvalue weighted by atomic mass is 35.5. The van der Waals surface area contributed by atoms with Gasteiger partial charge in [0.15, 0.2) is 0 Å². The second-order valence-electron chi connectivity index (χ2n) is 10.6. The van der Waals surface area contributed by atoms with Gasteiger partial charge < -0.3 is 10.2 Å². The number of sulfonamides is 1. The van der Waals surface area contributed by atoms with Crippen LogP contribution in [-0.2, 0) is 26.0 Å². The summed E-state index contributed by atoms with van der Waals surface area (Å²) in [5, 5.41) is 3.57. The normalized spacial score (nSPS) is 14.7. The minimum Gasteiger partial charge on any atom is -0.352 e. The molecule has 1 fully saturated rings. The van der Waals surface area contributed by atoms with Crippen LogP contribution in [0.25, 0.3) is 0 Å². The number of amides is 2. The van der Waals surface area contributed by atoms with E-state index in [1.807, 2.05) is 37.3 Å². The molecule has 1 aliphatic carbocycles. The van der Waals surface area contributed by atoms with Gasteiger partial charge in [-0.1, -0.05) is 78.9 Å². The molecular formula is C32H38ClN3O4S. The van der Waals surface area contributed by atoms with Crippen LogP contribution in [0.1, 0.15) is 50.2 Å². The Labute approximate surface area is 248 Å². The summed E-state index contributed by atoms with van der Waals surface area (Å²) in [4.78, 5) is 28.9. The van der Waals surface area contributed by atoms with Crippen molar-refractivity contribution in [1.29, 1.82) is 0 Å². The van der Waals surface area contributed by atoms with Gasteiger partial charge in [0, 0.05) is 17.6 Å². The smallest absolute Gasteiger partial charge is 0.264 e. The molecule has 0 aromatic heterocycles. The van der Waals surface area contributed by atoms with Gasteiger partial charge >= 0.3 is 0 Å². The first-order valence-electron chi connectivity index (χ1n) is 14.1. The van der Waals surface area contributed by atoms with E-state index in [0.717, 1.165) is 41.1 Å². The number of carbonyl (C=O) groups is 2. The number of anilines is 1. The molecule has 0 unspecified atom stereocenters. The summed E-state index contributed by atoms with van der Waals surface area (Å²) in [6.45, 7) is 3.39. The standard InChI is InChI=1S/C32H38ClN3O4S/c1-24-13-19-30(20-14-24)41(39,40)36(29-17-15-27(33)16-18-29)23-31(37)35(22-21-26-9-5-3-6-10-26)25(2)32(38)34-28-11-7-4-8-12-28/h3,5-6,9-10,13-20,25,28H,4,7-8,11-12,21-23H2,1-2H3,(H,34,38)/t25-/m1/s1. The number of carbonyl (C=O) groups excluding carboxylic acids is 2. The zero-order valence-electron chi connectivity index (χ0n) is 23.6. The summed E-state index contributed by atoms with van der Waals surface area (Å²) in [5.74, 6) is -0.685. The van der Waals surface area contributed by atoms with E-state index in [1.54, 1.807) is 43.3 Å². The van der Waals surface area contributed by atoms with Gasteiger partial charge in [0.05, 0.1) is 10.6 Å². The molecule has 1 aliphatic rings. The fourth-order valence-corrected chi connectivity index (χ4v) is 6.65. The highest BCUT2D eigenvalue weighted by Gasteiger charge is 2.33. The van der Waals surface area contributed by atoms with Crippen molar-refractivity contribution in [2.24, 2.45) is 0 Å². The maximum Gasteiger partial charge on any atom is 0.264 e. The SMILES string of the molecule is Cc1ccc(S(=O)(=O)N(CC(=O)N(CCc2ccccc2)[C@H](C)C(=O)NC2CCCCC2)c2ccc(Cl)cc2)cc1. The fourth-order valence-electron chi connectivity index (χ4n) is 5.11. The first-order chi connectivity index (χ1) is 19.6. The molecule has 0 spiro atoms. The molecule has 0 radical (unpaired) electrons. The van der Waals surface area contributed by atoms with Crippen molar-refractivity contribution in [1.82, 2.24) is 10.2 Å². The summed E-state index contributed by atoms with van der Waals surface area (Å²) >= 11 is 6.09. The van der Waals surface area contributed by atoms with E-state index in [0.29, 0.717) is 17.1 Å². The van der Waals surface area contributed by atoms with Crippen LogP contribution in [0.5, 0.6) is 0 Å². The van der Waals surface area contributed by atoms with E-state index in [2.05, 4.69) is 5.32 Å². The Morgan fingerprint density at radius 1 is 0.927 bits per heavy atom. The highest BCUT2D eigenvalue weighted by molar-refractivity contribution is 7.92. The number of benzene rings is 3. The predicted molar refractivity (Wildman–Crippen MR) is 163 cm³/mol. The van der Waals surface area contributed by atoms with E-state index in [4.69, 9.17) is 11.6 Å². The van der Waals surface area contributed by atoms with Crippen LogP contribution in [0, 0.1) is 6.92 Å². The van der Waals surface area contributed by atoms with Crippen LogP contribution in [0.15, 0.2) is 83.8 Å². The van der Waals surface area contributed by atoms with Gasteiger partial charge in [0.2, 0.25) is 11.8 Å². The molecule has 7 nitrogen and oxygen atoms in total. The fraction of sp³-hybridized carbons (Fsp3) is 0.375. The number of rotatable bonds is 11. The minimum absolute atomic E-state index is 0.0739. The van der Waals surface area contributed by atoms with Crippen molar-refractivity contribution >= 4 is 39.1 Å². The van der Waals surface area contributed by atoms with Crippen LogP contribution >= 0.6 is 11.6 Å². The highest BCUT2D eigenvalue weighted by Crippen LogP contribution is 2.26. The zero-order valence-corrected chi connectivity index (χ0v) is 25.2. The molecule has 0 aliphatic heterocycles. The monoisotopic (exact) mass is 595 g/mol. The van der Waals surface area contributed by atoms with Crippen LogP contribution in [-0.4, -0.2) is 50.3 Å². The Bertz CT molecular complexity index is 1410. The largest absolute Gasteiger partial charge is 0.352 e. The molecule has 2 amide bonds. The molecule has 3 aromatic carbocycles. The van der Waals surface area contributed by atoms with E-state index >= 15 is 0 Å². The van der Waals surface area contributed by atoms with Crippen molar-refractivity contribution in [2.45, 2.75) is 69.4 Å². The minimum atomic E-state index is -4.11. The van der Waals surface area contributed by atoms with Gasteiger partial charge in [0.1, 0.15) is 12.6 Å². The molecule has 0 bridgehead atoms. The summed E-state index contributed by atoms with van der Waals surface area (Å²) < 4.78 is 28.8. The number of aryl methyl sites for hydroxylation is 1. The van der Waals surface area contributed by atoms with Crippen LogP contribution in [0.2, 0.25) is 5.02 Å². The summed E-state index contributed by atoms with van der Waals surface area (Å²) in [6, 6.07) is 21.9. The predicted octanol–water partition coefficient (Wildman–Crippen LogP) is 5.75. The molecule has 3 aromatic rings. The molecule has 0 saturated heterocycles. The topological polar surface area (TPSA) is 86.8 Å². The molecular weight excluding hydrogens is 558 g/mol. The molecule has 0 heterocycles. The molecule has 1 N–H and O–H groups in total. The Morgan fingerprint density at radius 3 is 2.20 bits per heavy atom. The first kappa shape index (κ1) is 30.6. The summed E-state index contributed by atoms with van der Waals surface area (Å²) in [6.07, 6.45) is 5.69. The zero-order chi connectivity index (χ0) is 29.4. The first-order valence-corrected chi connectivity index (χ1v) is 16.0. The van der Waals surface area contributed by atoms with E-state index < -0.39 is 28.5 Å². The third kappa shape index (κ3) is 8.11. The second-order valence-corrected chi connectivity index (χ2v) is 12.9. The van der Waals surface area contributed by atoms with Gasteiger partial charge in [-0.2, -0.15) is 0 Å². The Balaban J connectivity index is 1.63. The lowest BCUT2D eigenvalue weighted by molar-refractivity contribution is -0.139. The van der Waals surface area contributed by atoms with Crippen molar-refractivity contribution in [2.75, 3.05) is 17.4 Å². The summed E-state index contributed by atoms with van der Waals surface area (Å²) in [7, 11) is -4.11. The van der Waals surface area contributed by atoms with Gasteiger partial charge in [-0.3, -0.25) is 13.9 Å². The Hall–Kier alpha value is -3.36. The van der Waals surface area contributed by atoms with Gasteiger partial charge in [-0.15, -0.1) is 0 Å². The van der Waals surface area contributed by atoms with Gasteiger partial charge in [-0.25, -0.2) is 8.42 Å². The third-order valence-electron chi connectivity index (χ3n) is 7.61. The molecule has 9 heteroatoms. The van der Waals surface area contributed by atoms with E-state index in [9.17, 15) is 18.0 Å². The second kappa shape index (κ2) is 14.0. The number of nitrogens with one attached hydrogen (secondary N) is 1. The van der Waals surface area contributed by atoms with Crippen molar-refractivity contribution in [3.05, 3.63) is 95.0 Å². The number of hydrogen-bond acceptors (Lipinski definition) is 4. The summed E-state index contributed by atoms with van der Waals surface area (Å²) in [5.41, 5.74) is 2.25. The third-order valence-corrected chi connectivity index (χ3v) is 9.65. The van der Waals surface area contributed by atoms with Crippen LogP contribution in [0.4, 0.5) is 5.69 Å². The lowest BCUT2D eigenvalue weighted by atomic mass is 9.95. The maximum atomic E-state index is 14.0. The molecule has 1 atom stereocenters. The molecule has 41 heavy (non-hydrogen) atoms. The number of hydrogen-bond donors (Lipinski definition) is 1.